The van der Waals surface area contributed by atoms with Crippen molar-refractivity contribution in [3.05, 3.63) is 24.3 Å². The zero-order valence-electron chi connectivity index (χ0n) is 12.1. The van der Waals surface area contributed by atoms with Gasteiger partial charge in [0.05, 0.1) is 24.5 Å². The predicted octanol–water partition coefficient (Wildman–Crippen LogP) is 2.37. The summed E-state index contributed by atoms with van der Waals surface area (Å²) in [6.45, 7) is 5.25. The standard InChI is InChI=1S/C15H20N5/c1-9(2)8-20(3)13-10-6-4-5-7-11(10)18-14(16)12(13)19-15(20)17/h4-7,9H,8H2,1-3H3,(H2,16,18)(H2,17,19)/q+1. The molecule has 0 saturated heterocycles. The fourth-order valence-electron chi connectivity index (χ4n) is 3.07. The first-order valence-corrected chi connectivity index (χ1v) is 6.82. The first kappa shape index (κ1) is 12.9. The van der Waals surface area contributed by atoms with Crippen LogP contribution >= 0.6 is 0 Å². The molecule has 0 spiro atoms. The van der Waals surface area contributed by atoms with Crippen molar-refractivity contribution in [2.75, 3.05) is 19.3 Å². The third-order valence-corrected chi connectivity index (χ3v) is 3.82. The van der Waals surface area contributed by atoms with Gasteiger partial charge in [0.1, 0.15) is 0 Å². The Kier molecular flexibility index (Phi) is 2.69. The second kappa shape index (κ2) is 4.18. The van der Waals surface area contributed by atoms with Crippen LogP contribution in [0.15, 0.2) is 29.3 Å². The van der Waals surface area contributed by atoms with Gasteiger partial charge in [-0.1, -0.05) is 26.0 Å². The number of fused-ring (bicyclic) bond motifs is 3. The normalized spacial score (nSPS) is 21.3. The number of guanidine groups is 1. The summed E-state index contributed by atoms with van der Waals surface area (Å²) in [7, 11) is 2.09. The van der Waals surface area contributed by atoms with Crippen molar-refractivity contribution in [2.24, 2.45) is 16.6 Å². The number of nitrogen functional groups attached to an aromatic ring is 1. The lowest BCUT2D eigenvalue weighted by molar-refractivity contribution is 0.422. The maximum atomic E-state index is 6.21. The molecule has 0 radical (unpaired) electrons. The minimum Gasteiger partial charge on any atom is -0.382 e. The van der Waals surface area contributed by atoms with E-state index in [1.807, 2.05) is 18.2 Å². The number of rotatable bonds is 2. The van der Waals surface area contributed by atoms with E-state index >= 15 is 0 Å². The number of nitrogens with zero attached hydrogens (tertiary/aromatic N) is 3. The van der Waals surface area contributed by atoms with Gasteiger partial charge in [-0.05, 0) is 12.1 Å². The Balaban J connectivity index is 2.35. The van der Waals surface area contributed by atoms with E-state index in [-0.39, 0.29) is 0 Å². The zero-order chi connectivity index (χ0) is 14.5. The molecule has 0 bridgehead atoms. The summed E-state index contributed by atoms with van der Waals surface area (Å²) in [5.74, 6) is 1.53. The van der Waals surface area contributed by atoms with Gasteiger partial charge in [0, 0.05) is 5.92 Å². The summed E-state index contributed by atoms with van der Waals surface area (Å²) >= 11 is 0. The van der Waals surface area contributed by atoms with Gasteiger partial charge in [-0.2, -0.15) is 4.99 Å². The molecule has 20 heavy (non-hydrogen) atoms. The van der Waals surface area contributed by atoms with E-state index in [4.69, 9.17) is 11.5 Å². The van der Waals surface area contributed by atoms with Gasteiger partial charge >= 0.3 is 5.96 Å². The molecule has 5 nitrogen and oxygen atoms in total. The number of hydrogen-bond acceptors (Lipinski definition) is 4. The zero-order valence-corrected chi connectivity index (χ0v) is 12.1. The van der Waals surface area contributed by atoms with Crippen LogP contribution in [0.1, 0.15) is 13.8 Å². The van der Waals surface area contributed by atoms with Crippen LogP contribution < -0.4 is 16.0 Å². The number of aromatic nitrogens is 1. The number of quaternary nitrogens is 1. The Bertz CT molecular complexity index is 720. The van der Waals surface area contributed by atoms with Crippen LogP contribution in [0, 0.1) is 5.92 Å². The molecule has 4 N–H and O–H groups in total. The number of aliphatic imine (C=N–C) groups is 1. The lowest BCUT2D eigenvalue weighted by Gasteiger charge is -2.30. The Morgan fingerprint density at radius 1 is 1.20 bits per heavy atom. The third kappa shape index (κ3) is 1.67. The number of benzene rings is 1. The van der Waals surface area contributed by atoms with Gasteiger partial charge in [0.15, 0.2) is 17.2 Å². The summed E-state index contributed by atoms with van der Waals surface area (Å²) < 4.78 is 0.500. The number of hydrogen-bond donors (Lipinski definition) is 2. The number of para-hydroxylation sites is 1. The molecule has 0 aliphatic carbocycles. The minimum absolute atomic E-state index is 0.451. The van der Waals surface area contributed by atoms with Crippen LogP contribution in [-0.2, 0) is 0 Å². The van der Waals surface area contributed by atoms with E-state index in [0.29, 0.717) is 22.2 Å². The predicted molar refractivity (Wildman–Crippen MR) is 84.9 cm³/mol. The smallest absolute Gasteiger partial charge is 0.305 e. The van der Waals surface area contributed by atoms with Gasteiger partial charge in [-0.15, -0.1) is 0 Å². The van der Waals surface area contributed by atoms with Crippen molar-refractivity contribution < 1.29 is 0 Å². The topological polar surface area (TPSA) is 77.3 Å². The van der Waals surface area contributed by atoms with Crippen LogP contribution in [0.5, 0.6) is 0 Å². The Labute approximate surface area is 118 Å². The molecule has 5 heteroatoms. The highest BCUT2D eigenvalue weighted by Gasteiger charge is 2.42. The molecule has 1 aromatic heterocycles. The summed E-state index contributed by atoms with van der Waals surface area (Å²) in [5.41, 5.74) is 15.0. The molecule has 1 aliphatic rings. The quantitative estimate of drug-likeness (QED) is 0.822. The van der Waals surface area contributed by atoms with Crippen LogP contribution in [0.4, 0.5) is 17.2 Å². The van der Waals surface area contributed by atoms with Gasteiger partial charge < -0.3 is 11.5 Å². The fraction of sp³-hybridized carbons (Fsp3) is 0.333. The molecule has 1 unspecified atom stereocenters. The molecule has 2 aromatic rings. The highest BCUT2D eigenvalue weighted by atomic mass is 15.5. The second-order valence-electron chi connectivity index (χ2n) is 5.95. The molecule has 0 amide bonds. The second-order valence-corrected chi connectivity index (χ2v) is 5.95. The molecule has 2 heterocycles. The van der Waals surface area contributed by atoms with Gasteiger partial charge in [0.2, 0.25) is 0 Å². The molecule has 104 valence electrons. The minimum atomic E-state index is 0.451. The number of anilines is 1. The molecule has 1 aromatic carbocycles. The first-order valence-electron chi connectivity index (χ1n) is 6.82. The van der Waals surface area contributed by atoms with E-state index in [9.17, 15) is 0 Å². The molecule has 1 aliphatic heterocycles. The maximum absolute atomic E-state index is 6.21. The highest BCUT2D eigenvalue weighted by Crippen LogP contribution is 2.46. The van der Waals surface area contributed by atoms with Crippen molar-refractivity contribution in [1.82, 2.24) is 9.47 Å². The van der Waals surface area contributed by atoms with Crippen LogP contribution in [0.25, 0.3) is 10.9 Å². The molecular formula is C15H20N5+. The number of pyridine rings is 1. The lowest BCUT2D eigenvalue weighted by Crippen LogP contribution is -2.54. The Hall–Kier alpha value is -2.14. The third-order valence-electron chi connectivity index (χ3n) is 3.82. The van der Waals surface area contributed by atoms with Crippen molar-refractivity contribution in [2.45, 2.75) is 13.8 Å². The van der Waals surface area contributed by atoms with E-state index in [1.165, 1.54) is 0 Å². The lowest BCUT2D eigenvalue weighted by atomic mass is 10.1. The summed E-state index contributed by atoms with van der Waals surface area (Å²) in [5, 5.41) is 1.07. The molecular weight excluding hydrogens is 250 g/mol. The summed E-state index contributed by atoms with van der Waals surface area (Å²) in [6, 6.07) is 8.01. The first-order chi connectivity index (χ1) is 9.43. The summed E-state index contributed by atoms with van der Waals surface area (Å²) in [6.07, 6.45) is 0. The van der Waals surface area contributed by atoms with Gasteiger partial charge in [-0.3, -0.25) is 0 Å². The largest absolute Gasteiger partial charge is 0.382 e. The SMILES string of the molecule is CC(C)C[N+]1(C)C(N)=Nc2c(N)nc3ccccc3c21. The monoisotopic (exact) mass is 270 g/mol. The maximum Gasteiger partial charge on any atom is 0.305 e. The van der Waals surface area contributed by atoms with Crippen LogP contribution in [0.2, 0.25) is 0 Å². The average molecular weight is 270 g/mol. The fourth-order valence-corrected chi connectivity index (χ4v) is 3.07. The van der Waals surface area contributed by atoms with Gasteiger partial charge in [0.25, 0.3) is 0 Å². The highest BCUT2D eigenvalue weighted by molar-refractivity contribution is 6.11. The summed E-state index contributed by atoms with van der Waals surface area (Å²) in [4.78, 5) is 8.92. The molecule has 0 fully saturated rings. The average Bonchev–Trinajstić information content (AvgIpc) is 2.62. The number of nitrogens with two attached hydrogens (primary N) is 2. The Morgan fingerprint density at radius 2 is 1.90 bits per heavy atom. The van der Waals surface area contributed by atoms with Crippen molar-refractivity contribution >= 4 is 34.1 Å². The molecule has 1 atom stereocenters. The van der Waals surface area contributed by atoms with Crippen molar-refractivity contribution in [3.8, 4) is 0 Å². The van der Waals surface area contributed by atoms with Crippen molar-refractivity contribution in [1.29, 1.82) is 0 Å². The van der Waals surface area contributed by atoms with Crippen molar-refractivity contribution in [3.63, 3.8) is 0 Å². The van der Waals surface area contributed by atoms with E-state index < -0.39 is 0 Å². The van der Waals surface area contributed by atoms with Gasteiger partial charge in [-0.25, -0.2) is 9.47 Å². The molecule has 3 rings (SSSR count). The van der Waals surface area contributed by atoms with Crippen LogP contribution in [-0.4, -0.2) is 24.5 Å². The van der Waals surface area contributed by atoms with E-state index in [0.717, 1.165) is 28.8 Å². The molecule has 0 saturated carbocycles. The van der Waals surface area contributed by atoms with E-state index in [1.54, 1.807) is 0 Å². The Morgan fingerprint density at radius 3 is 2.60 bits per heavy atom. The van der Waals surface area contributed by atoms with E-state index in [2.05, 4.69) is 36.9 Å². The van der Waals surface area contributed by atoms with Crippen LogP contribution in [0.3, 0.4) is 0 Å².